The van der Waals surface area contributed by atoms with Crippen LogP contribution in [0.2, 0.25) is 5.02 Å². The fourth-order valence-electron chi connectivity index (χ4n) is 2.98. The van der Waals surface area contributed by atoms with Gasteiger partial charge in [-0.05, 0) is 30.3 Å². The fraction of sp³-hybridized carbons (Fsp3) is 0.176. The molecular weight excluding hydrogens is 407 g/mol. The van der Waals surface area contributed by atoms with Crippen molar-refractivity contribution in [3.8, 4) is 0 Å². The van der Waals surface area contributed by atoms with Gasteiger partial charge in [-0.15, -0.1) is 12.4 Å². The Morgan fingerprint density at radius 3 is 2.58 bits per heavy atom. The minimum absolute atomic E-state index is 0. The van der Waals surface area contributed by atoms with Gasteiger partial charge < -0.3 is 9.73 Å². The lowest BCUT2D eigenvalue weighted by molar-refractivity contribution is 0.500. The molecule has 0 saturated heterocycles. The summed E-state index contributed by atoms with van der Waals surface area (Å²) in [6, 6.07) is 5.20. The van der Waals surface area contributed by atoms with E-state index in [2.05, 4.69) is 5.32 Å². The number of rotatable bonds is 2. The zero-order valence-electron chi connectivity index (χ0n) is 13.2. The maximum Gasteiger partial charge on any atom is 0.206 e. The molecule has 0 amide bonds. The van der Waals surface area contributed by atoms with E-state index >= 15 is 0 Å². The molecule has 0 spiro atoms. The molecule has 1 N–H and O–H groups in total. The minimum Gasteiger partial charge on any atom is -0.459 e. The van der Waals surface area contributed by atoms with Gasteiger partial charge in [-0.25, -0.2) is 17.2 Å². The fourth-order valence-corrected chi connectivity index (χ4v) is 4.62. The SMILES string of the molecule is Cl.O=S(=O)(c1ccc(F)c(F)c1)c1cc(Cl)c2oc3c(c2c1)CNCC3. The van der Waals surface area contributed by atoms with Crippen molar-refractivity contribution in [1.82, 2.24) is 5.32 Å². The van der Waals surface area contributed by atoms with Gasteiger partial charge in [-0.3, -0.25) is 0 Å². The molecule has 1 aliphatic rings. The summed E-state index contributed by atoms with van der Waals surface area (Å²) in [5, 5.41) is 3.97. The molecule has 1 aliphatic heterocycles. The van der Waals surface area contributed by atoms with E-state index in [1.54, 1.807) is 0 Å². The van der Waals surface area contributed by atoms with Crippen molar-refractivity contribution >= 4 is 44.8 Å². The highest BCUT2D eigenvalue weighted by atomic mass is 35.5. The van der Waals surface area contributed by atoms with E-state index in [0.717, 1.165) is 30.0 Å². The van der Waals surface area contributed by atoms with Gasteiger partial charge in [0.2, 0.25) is 9.84 Å². The van der Waals surface area contributed by atoms with Crippen molar-refractivity contribution in [1.29, 1.82) is 0 Å². The number of nitrogens with one attached hydrogen (secondary N) is 1. The van der Waals surface area contributed by atoms with Gasteiger partial charge in [0, 0.05) is 30.5 Å². The molecule has 0 fully saturated rings. The lowest BCUT2D eigenvalue weighted by Gasteiger charge is -2.11. The molecule has 3 aromatic rings. The van der Waals surface area contributed by atoms with Crippen molar-refractivity contribution in [2.45, 2.75) is 22.8 Å². The summed E-state index contributed by atoms with van der Waals surface area (Å²) in [6.45, 7) is 1.32. The number of sulfone groups is 1. The predicted molar refractivity (Wildman–Crippen MR) is 95.7 cm³/mol. The zero-order chi connectivity index (χ0) is 17.8. The first-order valence-electron chi connectivity index (χ1n) is 7.52. The molecule has 26 heavy (non-hydrogen) atoms. The third-order valence-corrected chi connectivity index (χ3v) is 6.26. The summed E-state index contributed by atoms with van der Waals surface area (Å²) in [6.07, 6.45) is 0.686. The smallest absolute Gasteiger partial charge is 0.206 e. The lowest BCUT2D eigenvalue weighted by Crippen LogP contribution is -2.22. The molecule has 0 saturated carbocycles. The highest BCUT2D eigenvalue weighted by Crippen LogP contribution is 2.36. The number of benzene rings is 2. The van der Waals surface area contributed by atoms with Crippen LogP contribution in [0.3, 0.4) is 0 Å². The molecule has 2 aromatic carbocycles. The Kier molecular flexibility index (Phi) is 5.00. The van der Waals surface area contributed by atoms with E-state index in [4.69, 9.17) is 16.0 Å². The van der Waals surface area contributed by atoms with E-state index in [9.17, 15) is 17.2 Å². The molecule has 4 nitrogen and oxygen atoms in total. The Hall–Kier alpha value is -1.67. The van der Waals surface area contributed by atoms with Crippen LogP contribution in [0.15, 0.2) is 44.5 Å². The van der Waals surface area contributed by atoms with Crippen LogP contribution in [0.4, 0.5) is 8.78 Å². The Labute approximate surface area is 159 Å². The summed E-state index contributed by atoms with van der Waals surface area (Å²) in [5.74, 6) is -1.56. The van der Waals surface area contributed by atoms with Crippen LogP contribution in [0, 0.1) is 11.6 Å². The number of halogens is 4. The van der Waals surface area contributed by atoms with Crippen molar-refractivity contribution in [3.05, 3.63) is 58.3 Å². The second kappa shape index (κ2) is 6.81. The summed E-state index contributed by atoms with van der Waals surface area (Å²) in [4.78, 5) is -0.428. The maximum atomic E-state index is 13.4. The van der Waals surface area contributed by atoms with E-state index in [-0.39, 0.29) is 27.2 Å². The zero-order valence-corrected chi connectivity index (χ0v) is 15.6. The molecule has 138 valence electrons. The van der Waals surface area contributed by atoms with E-state index < -0.39 is 21.5 Å². The first-order valence-corrected chi connectivity index (χ1v) is 9.38. The normalized spacial score (nSPS) is 14.1. The third kappa shape index (κ3) is 2.99. The van der Waals surface area contributed by atoms with Gasteiger partial charge in [0.1, 0.15) is 5.76 Å². The van der Waals surface area contributed by atoms with Gasteiger partial charge in [-0.2, -0.15) is 0 Å². The Balaban J connectivity index is 0.00000196. The number of hydrogen-bond donors (Lipinski definition) is 1. The van der Waals surface area contributed by atoms with Crippen molar-refractivity contribution in [2.24, 2.45) is 0 Å². The largest absolute Gasteiger partial charge is 0.459 e. The maximum absolute atomic E-state index is 13.4. The molecule has 4 rings (SSSR count). The molecule has 1 aromatic heterocycles. The minimum atomic E-state index is -4.05. The van der Waals surface area contributed by atoms with E-state index in [1.165, 1.54) is 12.1 Å². The number of fused-ring (bicyclic) bond motifs is 3. The van der Waals surface area contributed by atoms with Crippen LogP contribution in [-0.2, 0) is 22.8 Å². The molecule has 0 bridgehead atoms. The molecule has 0 atom stereocenters. The van der Waals surface area contributed by atoms with Crippen LogP contribution in [-0.4, -0.2) is 15.0 Å². The van der Waals surface area contributed by atoms with Crippen molar-refractivity contribution in [2.75, 3.05) is 6.54 Å². The first kappa shape index (κ1) is 19.1. The van der Waals surface area contributed by atoms with Gasteiger partial charge >= 0.3 is 0 Å². The molecular formula is C17H13Cl2F2NO3S. The summed E-state index contributed by atoms with van der Waals surface area (Å²) in [5.41, 5.74) is 1.30. The van der Waals surface area contributed by atoms with Gasteiger partial charge in [-0.1, -0.05) is 11.6 Å². The Morgan fingerprint density at radius 1 is 1.08 bits per heavy atom. The third-order valence-electron chi connectivity index (χ3n) is 4.25. The van der Waals surface area contributed by atoms with Crippen molar-refractivity contribution in [3.63, 3.8) is 0 Å². The second-order valence-electron chi connectivity index (χ2n) is 5.79. The van der Waals surface area contributed by atoms with E-state index in [1.807, 2.05) is 0 Å². The summed E-state index contributed by atoms with van der Waals surface area (Å²) >= 11 is 6.22. The highest BCUT2D eigenvalue weighted by molar-refractivity contribution is 7.91. The van der Waals surface area contributed by atoms with Gasteiger partial charge in [0.15, 0.2) is 17.2 Å². The molecule has 0 aliphatic carbocycles. The predicted octanol–water partition coefficient (Wildman–Crippen LogP) is 4.26. The number of furan rings is 1. The topological polar surface area (TPSA) is 59.3 Å². The monoisotopic (exact) mass is 419 g/mol. The standard InChI is InChI=1S/C17H12ClF2NO3S.ClH/c18-13-6-10(25(22,23)9-1-2-14(19)15(20)7-9)5-11-12-8-21-4-3-16(12)24-17(11)13;/h1-2,5-7,21H,3-4,8H2;1H. The van der Waals surface area contributed by atoms with Crippen molar-refractivity contribution < 1.29 is 21.6 Å². The van der Waals surface area contributed by atoms with Crippen LogP contribution in [0.25, 0.3) is 11.0 Å². The van der Waals surface area contributed by atoms with E-state index in [0.29, 0.717) is 30.0 Å². The highest BCUT2D eigenvalue weighted by Gasteiger charge is 2.25. The average Bonchev–Trinajstić information content (AvgIpc) is 2.97. The Bertz CT molecular complexity index is 1110. The average molecular weight is 420 g/mol. The van der Waals surface area contributed by atoms with Crippen LogP contribution in [0.1, 0.15) is 11.3 Å². The van der Waals surface area contributed by atoms with Crippen LogP contribution in [0.5, 0.6) is 0 Å². The first-order chi connectivity index (χ1) is 11.9. The molecule has 2 heterocycles. The van der Waals surface area contributed by atoms with Gasteiger partial charge in [0.05, 0.1) is 14.8 Å². The molecule has 9 heteroatoms. The summed E-state index contributed by atoms with van der Waals surface area (Å²) in [7, 11) is -4.05. The van der Waals surface area contributed by atoms with Gasteiger partial charge in [0.25, 0.3) is 0 Å². The van der Waals surface area contributed by atoms with Crippen LogP contribution >= 0.6 is 24.0 Å². The molecule has 0 radical (unpaired) electrons. The summed E-state index contributed by atoms with van der Waals surface area (Å²) < 4.78 is 57.9. The lowest BCUT2D eigenvalue weighted by atomic mass is 10.1. The van der Waals surface area contributed by atoms with Crippen LogP contribution < -0.4 is 5.32 Å². The molecule has 0 unspecified atom stereocenters. The quantitative estimate of drug-likeness (QED) is 0.630. The number of hydrogen-bond acceptors (Lipinski definition) is 4. The Morgan fingerprint density at radius 2 is 1.85 bits per heavy atom. The second-order valence-corrected chi connectivity index (χ2v) is 8.15.